The fraction of sp³-hybridized carbons (Fsp3) is 0.333. The quantitative estimate of drug-likeness (QED) is 0.895. The fourth-order valence-electron chi connectivity index (χ4n) is 1.90. The SMILES string of the molecule is CCCc1nc(N)c(C)c(Nc2cc(F)ccc2C)n1. The van der Waals surface area contributed by atoms with E-state index >= 15 is 0 Å². The van der Waals surface area contributed by atoms with E-state index in [2.05, 4.69) is 22.2 Å². The van der Waals surface area contributed by atoms with Crippen molar-refractivity contribution in [2.75, 3.05) is 11.1 Å². The zero-order chi connectivity index (χ0) is 14.7. The first-order valence-corrected chi connectivity index (χ1v) is 6.67. The van der Waals surface area contributed by atoms with Gasteiger partial charge in [-0.1, -0.05) is 13.0 Å². The zero-order valence-electron chi connectivity index (χ0n) is 12.0. The molecule has 0 amide bonds. The number of hydrogen-bond donors (Lipinski definition) is 2. The van der Waals surface area contributed by atoms with Crippen LogP contribution in [0, 0.1) is 19.7 Å². The molecule has 1 aromatic carbocycles. The van der Waals surface area contributed by atoms with Gasteiger partial charge >= 0.3 is 0 Å². The number of halogens is 1. The van der Waals surface area contributed by atoms with E-state index in [1.807, 2.05) is 13.8 Å². The van der Waals surface area contributed by atoms with Crippen molar-refractivity contribution >= 4 is 17.3 Å². The van der Waals surface area contributed by atoms with Crippen LogP contribution in [0.3, 0.4) is 0 Å². The molecule has 0 saturated carbocycles. The second kappa shape index (κ2) is 5.86. The number of nitrogens with two attached hydrogens (primary N) is 1. The van der Waals surface area contributed by atoms with Gasteiger partial charge < -0.3 is 11.1 Å². The number of nitrogens with one attached hydrogen (secondary N) is 1. The summed E-state index contributed by atoms with van der Waals surface area (Å²) in [4.78, 5) is 8.72. The number of benzene rings is 1. The Hall–Kier alpha value is -2.17. The molecule has 1 aromatic heterocycles. The smallest absolute Gasteiger partial charge is 0.139 e. The summed E-state index contributed by atoms with van der Waals surface area (Å²) in [5.74, 6) is 1.51. The molecule has 1 heterocycles. The number of nitrogen functional groups attached to an aromatic ring is 1. The van der Waals surface area contributed by atoms with Crippen molar-refractivity contribution in [3.63, 3.8) is 0 Å². The van der Waals surface area contributed by atoms with Gasteiger partial charge in [-0.25, -0.2) is 14.4 Å². The summed E-state index contributed by atoms with van der Waals surface area (Å²) < 4.78 is 13.3. The average molecular weight is 274 g/mol. The van der Waals surface area contributed by atoms with Crippen molar-refractivity contribution in [2.45, 2.75) is 33.6 Å². The standard InChI is InChI=1S/C15H19FN4/c1-4-5-13-19-14(17)10(3)15(20-13)18-12-8-11(16)7-6-9(12)2/h6-8H,4-5H2,1-3H3,(H3,17,18,19,20). The zero-order valence-corrected chi connectivity index (χ0v) is 12.0. The Morgan fingerprint density at radius 3 is 2.70 bits per heavy atom. The van der Waals surface area contributed by atoms with Gasteiger partial charge in [0.25, 0.3) is 0 Å². The molecule has 0 bridgehead atoms. The normalized spacial score (nSPS) is 10.6. The van der Waals surface area contributed by atoms with Crippen molar-refractivity contribution in [3.8, 4) is 0 Å². The lowest BCUT2D eigenvalue weighted by Crippen LogP contribution is -2.07. The Morgan fingerprint density at radius 2 is 2.00 bits per heavy atom. The highest BCUT2D eigenvalue weighted by Gasteiger charge is 2.10. The van der Waals surface area contributed by atoms with E-state index in [0.29, 0.717) is 23.1 Å². The van der Waals surface area contributed by atoms with E-state index in [-0.39, 0.29) is 5.82 Å². The van der Waals surface area contributed by atoms with Crippen molar-refractivity contribution < 1.29 is 4.39 Å². The lowest BCUT2D eigenvalue weighted by atomic mass is 10.2. The highest BCUT2D eigenvalue weighted by Crippen LogP contribution is 2.25. The lowest BCUT2D eigenvalue weighted by molar-refractivity contribution is 0.628. The first-order chi connectivity index (χ1) is 9.51. The van der Waals surface area contributed by atoms with Gasteiger partial charge in [-0.05, 0) is 38.0 Å². The summed E-state index contributed by atoms with van der Waals surface area (Å²) in [6.07, 6.45) is 1.71. The van der Waals surface area contributed by atoms with Crippen LogP contribution in [-0.2, 0) is 6.42 Å². The van der Waals surface area contributed by atoms with Crippen LogP contribution >= 0.6 is 0 Å². The molecule has 4 nitrogen and oxygen atoms in total. The van der Waals surface area contributed by atoms with E-state index < -0.39 is 0 Å². The summed E-state index contributed by atoms with van der Waals surface area (Å²) in [5.41, 5.74) is 8.31. The molecule has 0 aliphatic heterocycles. The van der Waals surface area contributed by atoms with Crippen LogP contribution in [0.1, 0.15) is 30.3 Å². The van der Waals surface area contributed by atoms with Crippen LogP contribution in [-0.4, -0.2) is 9.97 Å². The minimum absolute atomic E-state index is 0.286. The van der Waals surface area contributed by atoms with Gasteiger partial charge in [0, 0.05) is 17.7 Å². The van der Waals surface area contributed by atoms with Crippen LogP contribution in [0.15, 0.2) is 18.2 Å². The van der Waals surface area contributed by atoms with Crippen molar-refractivity contribution in [1.82, 2.24) is 9.97 Å². The highest BCUT2D eigenvalue weighted by molar-refractivity contribution is 5.66. The Balaban J connectivity index is 2.39. The van der Waals surface area contributed by atoms with Crippen molar-refractivity contribution in [1.29, 1.82) is 0 Å². The maximum absolute atomic E-state index is 13.3. The molecule has 0 atom stereocenters. The minimum atomic E-state index is -0.286. The molecule has 0 radical (unpaired) electrons. The Labute approximate surface area is 118 Å². The van der Waals surface area contributed by atoms with Gasteiger partial charge in [-0.3, -0.25) is 0 Å². The molecule has 0 spiro atoms. The largest absolute Gasteiger partial charge is 0.383 e. The summed E-state index contributed by atoms with van der Waals surface area (Å²) in [6, 6.07) is 4.61. The minimum Gasteiger partial charge on any atom is -0.383 e. The predicted molar refractivity (Wildman–Crippen MR) is 79.6 cm³/mol. The highest BCUT2D eigenvalue weighted by atomic mass is 19.1. The molecule has 2 rings (SSSR count). The van der Waals surface area contributed by atoms with Crippen LogP contribution in [0.5, 0.6) is 0 Å². The van der Waals surface area contributed by atoms with Crippen LogP contribution < -0.4 is 11.1 Å². The van der Waals surface area contributed by atoms with Crippen molar-refractivity contribution in [2.24, 2.45) is 0 Å². The first kappa shape index (κ1) is 14.2. The molecule has 20 heavy (non-hydrogen) atoms. The molecule has 0 fully saturated rings. The third kappa shape index (κ3) is 3.04. The molecule has 5 heteroatoms. The van der Waals surface area contributed by atoms with Gasteiger partial charge in [0.05, 0.1) is 0 Å². The molecule has 3 N–H and O–H groups in total. The molecular formula is C15H19FN4. The summed E-state index contributed by atoms with van der Waals surface area (Å²) >= 11 is 0. The molecular weight excluding hydrogens is 255 g/mol. The number of hydrogen-bond acceptors (Lipinski definition) is 4. The predicted octanol–water partition coefficient (Wildman–Crippen LogP) is 3.51. The van der Waals surface area contributed by atoms with Gasteiger partial charge in [0.15, 0.2) is 0 Å². The molecule has 2 aromatic rings. The number of aromatic nitrogens is 2. The Kier molecular flexibility index (Phi) is 4.17. The average Bonchev–Trinajstić information content (AvgIpc) is 2.40. The third-order valence-electron chi connectivity index (χ3n) is 3.16. The number of nitrogens with zero attached hydrogens (tertiary/aromatic N) is 2. The maximum atomic E-state index is 13.3. The molecule has 0 unspecified atom stereocenters. The van der Waals surface area contributed by atoms with Crippen molar-refractivity contribution in [3.05, 3.63) is 41.0 Å². The Bertz CT molecular complexity index is 626. The van der Waals surface area contributed by atoms with Gasteiger partial charge in [-0.2, -0.15) is 0 Å². The van der Waals surface area contributed by atoms with E-state index in [4.69, 9.17) is 5.73 Å². The van der Waals surface area contributed by atoms with Crippen LogP contribution in [0.25, 0.3) is 0 Å². The summed E-state index contributed by atoms with van der Waals surface area (Å²) in [7, 11) is 0. The van der Waals surface area contributed by atoms with E-state index in [1.165, 1.54) is 12.1 Å². The molecule has 0 aliphatic rings. The van der Waals surface area contributed by atoms with E-state index in [0.717, 1.165) is 24.0 Å². The summed E-state index contributed by atoms with van der Waals surface area (Å²) in [6.45, 7) is 5.82. The van der Waals surface area contributed by atoms with Gasteiger partial charge in [-0.15, -0.1) is 0 Å². The molecule has 0 saturated heterocycles. The summed E-state index contributed by atoms with van der Waals surface area (Å²) in [5, 5.41) is 3.15. The molecule has 106 valence electrons. The first-order valence-electron chi connectivity index (χ1n) is 6.67. The Morgan fingerprint density at radius 1 is 1.25 bits per heavy atom. The second-order valence-corrected chi connectivity index (χ2v) is 4.83. The van der Waals surface area contributed by atoms with Crippen LogP contribution in [0.4, 0.5) is 21.7 Å². The monoisotopic (exact) mass is 274 g/mol. The fourth-order valence-corrected chi connectivity index (χ4v) is 1.90. The molecule has 0 aliphatic carbocycles. The second-order valence-electron chi connectivity index (χ2n) is 4.83. The van der Waals surface area contributed by atoms with Crippen LogP contribution in [0.2, 0.25) is 0 Å². The van der Waals surface area contributed by atoms with E-state index in [9.17, 15) is 4.39 Å². The third-order valence-corrected chi connectivity index (χ3v) is 3.16. The maximum Gasteiger partial charge on any atom is 0.139 e. The van der Waals surface area contributed by atoms with Gasteiger partial charge in [0.2, 0.25) is 0 Å². The lowest BCUT2D eigenvalue weighted by Gasteiger charge is -2.13. The van der Waals surface area contributed by atoms with E-state index in [1.54, 1.807) is 6.07 Å². The number of rotatable bonds is 4. The number of aryl methyl sites for hydroxylation is 2. The topological polar surface area (TPSA) is 63.8 Å². The number of anilines is 3. The van der Waals surface area contributed by atoms with Gasteiger partial charge in [0.1, 0.15) is 23.3 Å².